The van der Waals surface area contributed by atoms with E-state index < -0.39 is 5.54 Å². The van der Waals surface area contributed by atoms with E-state index in [-0.39, 0.29) is 5.91 Å². The normalized spacial score (nSPS) is 17.8. The van der Waals surface area contributed by atoms with Gasteiger partial charge < -0.3 is 15.4 Å². The molecule has 1 saturated heterocycles. The minimum atomic E-state index is -0.788. The molecule has 3 rings (SSSR count). The number of rotatable bonds is 3. The average Bonchev–Trinajstić information content (AvgIpc) is 2.89. The number of benzene rings is 1. The molecule has 0 aliphatic carbocycles. The second-order valence-electron chi connectivity index (χ2n) is 5.51. The Bertz CT molecular complexity index is 616. The first-order chi connectivity index (χ1) is 10.1. The molecule has 0 atom stereocenters. The number of hydrogen-bond acceptors (Lipinski definition) is 5. The summed E-state index contributed by atoms with van der Waals surface area (Å²) >= 11 is 1.62. The molecule has 0 saturated carbocycles. The van der Waals surface area contributed by atoms with Crippen molar-refractivity contribution in [3.05, 3.63) is 29.3 Å². The minimum absolute atomic E-state index is 0.0231. The summed E-state index contributed by atoms with van der Waals surface area (Å²) in [5.74, 6) is -0.0231. The lowest BCUT2D eigenvalue weighted by atomic mass is 9.90. The van der Waals surface area contributed by atoms with E-state index in [9.17, 15) is 4.79 Å². The van der Waals surface area contributed by atoms with Crippen LogP contribution < -0.4 is 5.73 Å². The third kappa shape index (κ3) is 2.92. The molecular weight excluding hydrogens is 286 g/mol. The fourth-order valence-corrected chi connectivity index (χ4v) is 3.61. The summed E-state index contributed by atoms with van der Waals surface area (Å²) in [6.45, 7) is 1.60. The Morgan fingerprint density at radius 1 is 1.43 bits per heavy atom. The van der Waals surface area contributed by atoms with E-state index in [1.165, 1.54) is 0 Å². The number of para-hydroxylation sites is 1. The van der Waals surface area contributed by atoms with Crippen molar-refractivity contribution >= 4 is 27.5 Å². The maximum Gasteiger partial charge on any atom is 0.242 e. The second kappa shape index (κ2) is 5.71. The molecule has 0 bridgehead atoms. The van der Waals surface area contributed by atoms with Crippen molar-refractivity contribution in [2.24, 2.45) is 5.73 Å². The average molecular weight is 305 g/mol. The Labute approximate surface area is 127 Å². The van der Waals surface area contributed by atoms with Crippen molar-refractivity contribution in [1.82, 2.24) is 9.88 Å². The number of hydrogen-bond donors (Lipinski definition) is 1. The van der Waals surface area contributed by atoms with E-state index in [4.69, 9.17) is 10.5 Å². The predicted octanol–water partition coefficient (Wildman–Crippen LogP) is 1.76. The molecule has 1 aliphatic rings. The van der Waals surface area contributed by atoms with Crippen molar-refractivity contribution in [2.45, 2.75) is 24.9 Å². The summed E-state index contributed by atoms with van der Waals surface area (Å²) in [4.78, 5) is 18.8. The Hall–Kier alpha value is -1.50. The van der Waals surface area contributed by atoms with Crippen LogP contribution in [0.25, 0.3) is 10.2 Å². The van der Waals surface area contributed by atoms with Gasteiger partial charge in [-0.05, 0) is 25.0 Å². The van der Waals surface area contributed by atoms with Gasteiger partial charge in [0.1, 0.15) is 5.01 Å². The third-order valence-corrected chi connectivity index (χ3v) is 4.89. The van der Waals surface area contributed by atoms with Gasteiger partial charge in [-0.1, -0.05) is 12.1 Å². The number of nitrogens with two attached hydrogens (primary N) is 1. The topological polar surface area (TPSA) is 68.5 Å². The predicted molar refractivity (Wildman–Crippen MR) is 83.1 cm³/mol. The zero-order valence-corrected chi connectivity index (χ0v) is 12.9. The monoisotopic (exact) mass is 305 g/mol. The number of carbonyl (C=O) groups is 1. The highest BCUT2D eigenvalue weighted by atomic mass is 32.1. The number of carbonyl (C=O) groups excluding carboxylic acids is 1. The SMILES string of the molecule is CN(Cc1nc2ccccc2s1)C(=O)C1(N)CCOCC1. The Morgan fingerprint density at radius 3 is 2.86 bits per heavy atom. The van der Waals surface area contributed by atoms with E-state index in [1.807, 2.05) is 24.3 Å². The summed E-state index contributed by atoms with van der Waals surface area (Å²) in [6, 6.07) is 7.99. The quantitative estimate of drug-likeness (QED) is 0.938. The number of ether oxygens (including phenoxy) is 1. The molecule has 2 aromatic rings. The molecule has 112 valence electrons. The number of fused-ring (bicyclic) bond motifs is 1. The summed E-state index contributed by atoms with van der Waals surface area (Å²) in [7, 11) is 1.79. The van der Waals surface area contributed by atoms with Gasteiger partial charge in [0.05, 0.1) is 22.3 Å². The number of thiazole rings is 1. The Morgan fingerprint density at radius 2 is 2.14 bits per heavy atom. The van der Waals surface area contributed by atoms with Crippen LogP contribution in [-0.2, 0) is 16.1 Å². The van der Waals surface area contributed by atoms with Crippen LogP contribution in [0.3, 0.4) is 0 Å². The van der Waals surface area contributed by atoms with Crippen LogP contribution in [0.5, 0.6) is 0 Å². The number of nitrogens with zero attached hydrogens (tertiary/aromatic N) is 2. The number of aromatic nitrogens is 1. The smallest absolute Gasteiger partial charge is 0.242 e. The Balaban J connectivity index is 1.73. The first kappa shape index (κ1) is 14.4. The molecule has 21 heavy (non-hydrogen) atoms. The van der Waals surface area contributed by atoms with Crippen LogP contribution in [0.4, 0.5) is 0 Å². The van der Waals surface area contributed by atoms with Crippen molar-refractivity contribution < 1.29 is 9.53 Å². The lowest BCUT2D eigenvalue weighted by Gasteiger charge is -2.35. The molecule has 2 N–H and O–H groups in total. The van der Waals surface area contributed by atoms with Crippen molar-refractivity contribution in [3.63, 3.8) is 0 Å². The van der Waals surface area contributed by atoms with Gasteiger partial charge in [0.25, 0.3) is 0 Å². The summed E-state index contributed by atoms with van der Waals surface area (Å²) in [5.41, 5.74) is 6.43. The summed E-state index contributed by atoms with van der Waals surface area (Å²) < 4.78 is 6.43. The number of likely N-dealkylation sites (N-methyl/N-ethyl adjacent to an activating group) is 1. The van der Waals surface area contributed by atoms with Gasteiger partial charge in [0.2, 0.25) is 5.91 Å². The minimum Gasteiger partial charge on any atom is -0.381 e. The first-order valence-corrected chi connectivity index (χ1v) is 7.87. The highest BCUT2D eigenvalue weighted by Crippen LogP contribution is 2.24. The lowest BCUT2D eigenvalue weighted by molar-refractivity contribution is -0.139. The first-order valence-electron chi connectivity index (χ1n) is 7.05. The maximum atomic E-state index is 12.6. The molecule has 1 aromatic heterocycles. The van der Waals surface area contributed by atoms with Crippen LogP contribution in [0.2, 0.25) is 0 Å². The molecule has 5 nitrogen and oxygen atoms in total. The van der Waals surface area contributed by atoms with Crippen LogP contribution in [-0.4, -0.2) is 41.6 Å². The maximum absolute atomic E-state index is 12.6. The van der Waals surface area contributed by atoms with E-state index >= 15 is 0 Å². The molecule has 0 spiro atoms. The highest BCUT2D eigenvalue weighted by molar-refractivity contribution is 7.18. The number of amides is 1. The highest BCUT2D eigenvalue weighted by Gasteiger charge is 2.38. The summed E-state index contributed by atoms with van der Waals surface area (Å²) in [6.07, 6.45) is 1.16. The standard InChI is InChI=1S/C15H19N3O2S/c1-18(14(19)15(16)6-8-20-9-7-15)10-13-17-11-4-2-3-5-12(11)21-13/h2-5H,6-10,16H2,1H3. The van der Waals surface area contributed by atoms with E-state index in [2.05, 4.69) is 4.98 Å². The van der Waals surface area contributed by atoms with Gasteiger partial charge >= 0.3 is 0 Å². The molecule has 6 heteroatoms. The zero-order chi connectivity index (χ0) is 14.9. The lowest BCUT2D eigenvalue weighted by Crippen LogP contribution is -2.57. The van der Waals surface area contributed by atoms with Crippen LogP contribution in [0.1, 0.15) is 17.8 Å². The molecule has 2 heterocycles. The van der Waals surface area contributed by atoms with Crippen LogP contribution in [0, 0.1) is 0 Å². The van der Waals surface area contributed by atoms with Crippen LogP contribution in [0.15, 0.2) is 24.3 Å². The molecular formula is C15H19N3O2S. The van der Waals surface area contributed by atoms with E-state index in [0.29, 0.717) is 32.6 Å². The Kier molecular flexibility index (Phi) is 3.93. The third-order valence-electron chi connectivity index (χ3n) is 3.87. The second-order valence-corrected chi connectivity index (χ2v) is 6.62. The van der Waals surface area contributed by atoms with Crippen molar-refractivity contribution in [1.29, 1.82) is 0 Å². The summed E-state index contributed by atoms with van der Waals surface area (Å²) in [5, 5.41) is 0.933. The van der Waals surface area contributed by atoms with Gasteiger partial charge in [-0.2, -0.15) is 0 Å². The molecule has 0 radical (unpaired) electrons. The van der Waals surface area contributed by atoms with E-state index in [0.717, 1.165) is 15.2 Å². The van der Waals surface area contributed by atoms with Gasteiger partial charge in [-0.15, -0.1) is 11.3 Å². The van der Waals surface area contributed by atoms with Gasteiger partial charge in [0.15, 0.2) is 0 Å². The zero-order valence-electron chi connectivity index (χ0n) is 12.0. The van der Waals surface area contributed by atoms with Crippen molar-refractivity contribution in [2.75, 3.05) is 20.3 Å². The fourth-order valence-electron chi connectivity index (χ4n) is 2.59. The largest absolute Gasteiger partial charge is 0.381 e. The molecule has 1 aliphatic heterocycles. The molecule has 0 unspecified atom stereocenters. The van der Waals surface area contributed by atoms with Gasteiger partial charge in [-0.25, -0.2) is 4.98 Å². The molecule has 1 aromatic carbocycles. The molecule has 1 amide bonds. The van der Waals surface area contributed by atoms with Gasteiger partial charge in [-0.3, -0.25) is 4.79 Å². The van der Waals surface area contributed by atoms with Crippen LogP contribution >= 0.6 is 11.3 Å². The van der Waals surface area contributed by atoms with Crippen molar-refractivity contribution in [3.8, 4) is 0 Å². The van der Waals surface area contributed by atoms with E-state index in [1.54, 1.807) is 23.3 Å². The molecule has 1 fully saturated rings. The van der Waals surface area contributed by atoms with Gasteiger partial charge in [0, 0.05) is 20.3 Å². The fraction of sp³-hybridized carbons (Fsp3) is 0.467.